The van der Waals surface area contributed by atoms with Crippen LogP contribution in [0.2, 0.25) is 5.02 Å². The molecular formula is C15H20ClNO3. The van der Waals surface area contributed by atoms with Gasteiger partial charge in [-0.15, -0.1) is 0 Å². The van der Waals surface area contributed by atoms with Crippen LogP contribution in [-0.4, -0.2) is 30.0 Å². The van der Waals surface area contributed by atoms with E-state index in [2.05, 4.69) is 5.32 Å². The SMILES string of the molecule is CC(C)(C)OC(=O)NC/C(=C/CO)c1cccc(Cl)c1. The van der Waals surface area contributed by atoms with E-state index >= 15 is 0 Å². The van der Waals surface area contributed by atoms with Crippen molar-refractivity contribution < 1.29 is 14.6 Å². The fourth-order valence-corrected chi connectivity index (χ4v) is 1.76. The molecule has 1 amide bonds. The fraction of sp³-hybridized carbons (Fsp3) is 0.400. The van der Waals surface area contributed by atoms with E-state index in [4.69, 9.17) is 21.4 Å². The van der Waals surface area contributed by atoms with Crippen LogP contribution in [0.5, 0.6) is 0 Å². The molecule has 0 fully saturated rings. The highest BCUT2D eigenvalue weighted by Gasteiger charge is 2.16. The molecule has 0 aliphatic heterocycles. The van der Waals surface area contributed by atoms with Crippen LogP contribution in [0.25, 0.3) is 5.57 Å². The van der Waals surface area contributed by atoms with Crippen LogP contribution < -0.4 is 5.32 Å². The van der Waals surface area contributed by atoms with Crippen LogP contribution in [0.1, 0.15) is 26.3 Å². The van der Waals surface area contributed by atoms with Crippen molar-refractivity contribution in [2.75, 3.05) is 13.2 Å². The van der Waals surface area contributed by atoms with E-state index in [-0.39, 0.29) is 13.2 Å². The van der Waals surface area contributed by atoms with Crippen molar-refractivity contribution in [1.29, 1.82) is 0 Å². The maximum atomic E-state index is 11.6. The zero-order valence-electron chi connectivity index (χ0n) is 11.9. The lowest BCUT2D eigenvalue weighted by molar-refractivity contribution is 0.0535. The Morgan fingerprint density at radius 3 is 2.70 bits per heavy atom. The number of carbonyl (C=O) groups excluding carboxylic acids is 1. The number of aliphatic hydroxyl groups is 1. The lowest BCUT2D eigenvalue weighted by Crippen LogP contribution is -2.33. The third-order valence-corrected chi connectivity index (χ3v) is 2.59. The molecule has 4 nitrogen and oxygen atoms in total. The monoisotopic (exact) mass is 297 g/mol. The van der Waals surface area contributed by atoms with E-state index in [0.717, 1.165) is 11.1 Å². The molecule has 0 aliphatic rings. The van der Waals surface area contributed by atoms with Gasteiger partial charge in [-0.1, -0.05) is 29.8 Å². The molecule has 5 heteroatoms. The van der Waals surface area contributed by atoms with Crippen LogP contribution in [0.3, 0.4) is 0 Å². The third kappa shape index (κ3) is 6.08. The van der Waals surface area contributed by atoms with Gasteiger partial charge in [0.15, 0.2) is 0 Å². The summed E-state index contributed by atoms with van der Waals surface area (Å²) in [4.78, 5) is 11.6. The highest BCUT2D eigenvalue weighted by molar-refractivity contribution is 6.30. The summed E-state index contributed by atoms with van der Waals surface area (Å²) in [7, 11) is 0. The first kappa shape index (κ1) is 16.5. The highest BCUT2D eigenvalue weighted by Crippen LogP contribution is 2.18. The molecule has 0 unspecified atom stereocenters. The molecule has 0 aromatic heterocycles. The molecule has 0 radical (unpaired) electrons. The summed E-state index contributed by atoms with van der Waals surface area (Å²) in [5, 5.41) is 12.3. The quantitative estimate of drug-likeness (QED) is 0.897. The number of nitrogens with one attached hydrogen (secondary N) is 1. The Morgan fingerprint density at radius 2 is 2.15 bits per heavy atom. The molecule has 20 heavy (non-hydrogen) atoms. The summed E-state index contributed by atoms with van der Waals surface area (Å²) in [6, 6.07) is 7.23. The van der Waals surface area contributed by atoms with Crippen molar-refractivity contribution in [1.82, 2.24) is 5.32 Å². The topological polar surface area (TPSA) is 58.6 Å². The van der Waals surface area contributed by atoms with E-state index in [1.807, 2.05) is 12.1 Å². The van der Waals surface area contributed by atoms with E-state index in [0.29, 0.717) is 5.02 Å². The summed E-state index contributed by atoms with van der Waals surface area (Å²) in [5.41, 5.74) is 1.09. The molecule has 0 aliphatic carbocycles. The Balaban J connectivity index is 2.70. The standard InChI is InChI=1S/C15H20ClNO3/c1-15(2,3)20-14(19)17-10-12(7-8-18)11-5-4-6-13(16)9-11/h4-7,9,18H,8,10H2,1-3H3,(H,17,19)/b12-7-. The second-order valence-corrected chi connectivity index (χ2v) is 5.71. The predicted octanol–water partition coefficient (Wildman–Crippen LogP) is 3.24. The number of ether oxygens (including phenoxy) is 1. The average Bonchev–Trinajstić information content (AvgIpc) is 2.32. The Hall–Kier alpha value is -1.52. The molecule has 1 rings (SSSR count). The Labute approximate surface area is 124 Å². The van der Waals surface area contributed by atoms with Crippen molar-refractivity contribution in [3.63, 3.8) is 0 Å². The second kappa shape index (κ2) is 7.31. The molecule has 0 saturated heterocycles. The number of aliphatic hydroxyl groups excluding tert-OH is 1. The van der Waals surface area contributed by atoms with Crippen LogP contribution in [0.4, 0.5) is 4.79 Å². The first-order valence-corrected chi connectivity index (χ1v) is 6.72. The fourth-order valence-electron chi connectivity index (χ4n) is 1.57. The molecular weight excluding hydrogens is 278 g/mol. The minimum absolute atomic E-state index is 0.113. The number of amides is 1. The first-order valence-electron chi connectivity index (χ1n) is 6.34. The van der Waals surface area contributed by atoms with Gasteiger partial charge in [0.1, 0.15) is 5.60 Å². The lowest BCUT2D eigenvalue weighted by Gasteiger charge is -2.20. The number of carbonyl (C=O) groups is 1. The average molecular weight is 298 g/mol. The van der Waals surface area contributed by atoms with Gasteiger partial charge in [0, 0.05) is 11.6 Å². The normalized spacial score (nSPS) is 12.2. The van der Waals surface area contributed by atoms with Crippen LogP contribution >= 0.6 is 11.6 Å². The van der Waals surface area contributed by atoms with Gasteiger partial charge < -0.3 is 15.2 Å². The molecule has 0 saturated carbocycles. The summed E-state index contributed by atoms with van der Waals surface area (Å²) in [5.74, 6) is 0. The number of halogens is 1. The van der Waals surface area contributed by atoms with Gasteiger partial charge in [-0.3, -0.25) is 0 Å². The largest absolute Gasteiger partial charge is 0.444 e. The number of alkyl carbamates (subject to hydrolysis) is 1. The van der Waals surface area contributed by atoms with Crippen molar-refractivity contribution in [2.24, 2.45) is 0 Å². The van der Waals surface area contributed by atoms with Crippen molar-refractivity contribution in [3.05, 3.63) is 40.9 Å². The van der Waals surface area contributed by atoms with Crippen molar-refractivity contribution in [3.8, 4) is 0 Å². The van der Waals surface area contributed by atoms with Gasteiger partial charge in [-0.2, -0.15) is 0 Å². The molecule has 2 N–H and O–H groups in total. The predicted molar refractivity (Wildman–Crippen MR) is 80.8 cm³/mol. The number of hydrogen-bond acceptors (Lipinski definition) is 3. The number of benzene rings is 1. The van der Waals surface area contributed by atoms with Crippen molar-refractivity contribution in [2.45, 2.75) is 26.4 Å². The van der Waals surface area contributed by atoms with Crippen LogP contribution in [0, 0.1) is 0 Å². The smallest absolute Gasteiger partial charge is 0.407 e. The Kier molecular flexibility index (Phi) is 6.05. The highest BCUT2D eigenvalue weighted by atomic mass is 35.5. The van der Waals surface area contributed by atoms with Crippen LogP contribution in [0.15, 0.2) is 30.3 Å². The second-order valence-electron chi connectivity index (χ2n) is 5.28. The minimum Gasteiger partial charge on any atom is -0.444 e. The molecule has 0 heterocycles. The molecule has 0 spiro atoms. The Bertz CT molecular complexity index is 492. The van der Waals surface area contributed by atoms with E-state index in [1.54, 1.807) is 39.0 Å². The van der Waals surface area contributed by atoms with E-state index in [1.165, 1.54) is 0 Å². The number of rotatable bonds is 4. The molecule has 0 atom stereocenters. The van der Waals surface area contributed by atoms with Gasteiger partial charge >= 0.3 is 6.09 Å². The summed E-state index contributed by atoms with van der Waals surface area (Å²) in [6.07, 6.45) is 1.13. The minimum atomic E-state index is -0.541. The van der Waals surface area contributed by atoms with Gasteiger partial charge in [0.05, 0.1) is 6.61 Å². The van der Waals surface area contributed by atoms with E-state index < -0.39 is 11.7 Å². The zero-order valence-corrected chi connectivity index (χ0v) is 12.7. The molecule has 0 bridgehead atoms. The summed E-state index contributed by atoms with van der Waals surface area (Å²) < 4.78 is 5.16. The van der Waals surface area contributed by atoms with Gasteiger partial charge in [0.2, 0.25) is 0 Å². The van der Waals surface area contributed by atoms with Gasteiger partial charge in [-0.05, 0) is 44.0 Å². The lowest BCUT2D eigenvalue weighted by atomic mass is 10.1. The Morgan fingerprint density at radius 1 is 1.45 bits per heavy atom. The maximum absolute atomic E-state index is 11.6. The van der Waals surface area contributed by atoms with Crippen LogP contribution in [-0.2, 0) is 4.74 Å². The van der Waals surface area contributed by atoms with E-state index in [9.17, 15) is 4.79 Å². The van der Waals surface area contributed by atoms with Crippen molar-refractivity contribution >= 4 is 23.3 Å². The number of hydrogen-bond donors (Lipinski definition) is 2. The maximum Gasteiger partial charge on any atom is 0.407 e. The third-order valence-electron chi connectivity index (χ3n) is 2.36. The summed E-state index contributed by atoms with van der Waals surface area (Å²) in [6.45, 7) is 5.55. The first-order chi connectivity index (χ1) is 9.31. The molecule has 1 aromatic carbocycles. The van der Waals surface area contributed by atoms with Gasteiger partial charge in [0.25, 0.3) is 0 Å². The molecule has 1 aromatic rings. The van der Waals surface area contributed by atoms with Gasteiger partial charge in [-0.25, -0.2) is 4.79 Å². The summed E-state index contributed by atoms with van der Waals surface area (Å²) >= 11 is 5.94. The molecule has 110 valence electrons. The zero-order chi connectivity index (χ0) is 15.2.